The van der Waals surface area contributed by atoms with Crippen molar-refractivity contribution in [3.05, 3.63) is 29.8 Å². The molecular formula is C18H29N3O3S. The molecule has 25 heavy (non-hydrogen) atoms. The maximum Gasteiger partial charge on any atom is 0.321 e. The van der Waals surface area contributed by atoms with E-state index in [4.69, 9.17) is 0 Å². The van der Waals surface area contributed by atoms with Crippen LogP contribution in [0.15, 0.2) is 24.3 Å². The van der Waals surface area contributed by atoms with Gasteiger partial charge in [0.15, 0.2) is 9.84 Å². The molecule has 0 spiro atoms. The molecule has 1 N–H and O–H groups in total. The third-order valence-electron chi connectivity index (χ3n) is 4.36. The second-order valence-electron chi connectivity index (χ2n) is 7.06. The minimum atomic E-state index is -3.09. The van der Waals surface area contributed by atoms with E-state index in [-0.39, 0.29) is 11.8 Å². The Morgan fingerprint density at radius 3 is 2.84 bits per heavy atom. The average Bonchev–Trinajstić information content (AvgIpc) is 2.94. The highest BCUT2D eigenvalue weighted by atomic mass is 32.2. The normalized spacial score (nSPS) is 17.9. The standard InChI is InChI=1S/C18H29N3O3S/c1-4-9-20(2)12-16-8-10-21(13-16)18(22)19-17-7-5-6-15(11-17)14-25(3,23)24/h5-7,11,16H,4,8-10,12-14H2,1-3H3,(H,19,22)/t16-/m0/s1. The zero-order chi connectivity index (χ0) is 18.4. The van der Waals surface area contributed by atoms with E-state index in [0.717, 1.165) is 39.0 Å². The highest BCUT2D eigenvalue weighted by molar-refractivity contribution is 7.89. The van der Waals surface area contributed by atoms with Crippen LogP contribution in [0.25, 0.3) is 0 Å². The summed E-state index contributed by atoms with van der Waals surface area (Å²) >= 11 is 0. The third kappa shape index (κ3) is 6.66. The van der Waals surface area contributed by atoms with Crippen LogP contribution in [0.4, 0.5) is 10.5 Å². The second-order valence-corrected chi connectivity index (χ2v) is 9.20. The number of hydrogen-bond donors (Lipinski definition) is 1. The van der Waals surface area contributed by atoms with Gasteiger partial charge in [-0.1, -0.05) is 19.1 Å². The average molecular weight is 368 g/mol. The maximum absolute atomic E-state index is 12.5. The number of anilines is 1. The Morgan fingerprint density at radius 1 is 1.40 bits per heavy atom. The molecular weight excluding hydrogens is 338 g/mol. The number of rotatable bonds is 7. The van der Waals surface area contributed by atoms with Crippen LogP contribution in [-0.2, 0) is 15.6 Å². The molecule has 1 saturated heterocycles. The Labute approximate surface area is 151 Å². The number of hydrogen-bond acceptors (Lipinski definition) is 4. The molecule has 0 saturated carbocycles. The Bertz CT molecular complexity index is 691. The van der Waals surface area contributed by atoms with Crippen molar-refractivity contribution >= 4 is 21.6 Å². The van der Waals surface area contributed by atoms with Crippen LogP contribution in [0.3, 0.4) is 0 Å². The fraction of sp³-hybridized carbons (Fsp3) is 0.611. The molecule has 0 unspecified atom stereocenters. The number of benzene rings is 1. The number of carbonyl (C=O) groups excluding carboxylic acids is 1. The Kier molecular flexibility index (Phi) is 6.84. The lowest BCUT2D eigenvalue weighted by atomic mass is 10.1. The summed E-state index contributed by atoms with van der Waals surface area (Å²) in [6.07, 6.45) is 3.37. The first-order chi connectivity index (χ1) is 11.8. The molecule has 6 nitrogen and oxygen atoms in total. The van der Waals surface area contributed by atoms with Crippen molar-refractivity contribution in [2.45, 2.75) is 25.5 Å². The summed E-state index contributed by atoms with van der Waals surface area (Å²) in [7, 11) is -0.965. The predicted molar refractivity (Wildman–Crippen MR) is 101 cm³/mol. The van der Waals surface area contributed by atoms with Crippen LogP contribution in [0, 0.1) is 5.92 Å². The van der Waals surface area contributed by atoms with Crippen LogP contribution in [0.1, 0.15) is 25.3 Å². The number of nitrogens with one attached hydrogen (secondary N) is 1. The van der Waals surface area contributed by atoms with Crippen molar-refractivity contribution in [2.24, 2.45) is 5.92 Å². The summed E-state index contributed by atoms with van der Waals surface area (Å²) in [5.74, 6) is 0.491. The minimum Gasteiger partial charge on any atom is -0.324 e. The molecule has 1 aliphatic heterocycles. The summed E-state index contributed by atoms with van der Waals surface area (Å²) in [6, 6.07) is 6.92. The van der Waals surface area contributed by atoms with Crippen LogP contribution in [0.5, 0.6) is 0 Å². The topological polar surface area (TPSA) is 69.7 Å². The first-order valence-electron chi connectivity index (χ1n) is 8.78. The van der Waals surface area contributed by atoms with Gasteiger partial charge in [0.05, 0.1) is 5.75 Å². The summed E-state index contributed by atoms with van der Waals surface area (Å²) in [4.78, 5) is 16.6. The van der Waals surface area contributed by atoms with Gasteiger partial charge in [-0.3, -0.25) is 0 Å². The third-order valence-corrected chi connectivity index (χ3v) is 5.21. The van der Waals surface area contributed by atoms with Crippen molar-refractivity contribution in [1.82, 2.24) is 9.80 Å². The van der Waals surface area contributed by atoms with Crippen molar-refractivity contribution < 1.29 is 13.2 Å². The van der Waals surface area contributed by atoms with Crippen molar-refractivity contribution in [1.29, 1.82) is 0 Å². The Morgan fingerprint density at radius 2 is 2.16 bits per heavy atom. The minimum absolute atomic E-state index is 0.0216. The van der Waals surface area contributed by atoms with Crippen molar-refractivity contribution in [2.75, 3.05) is 44.8 Å². The fourth-order valence-corrected chi connectivity index (χ4v) is 4.11. The summed E-state index contributed by atoms with van der Waals surface area (Å²) in [6.45, 7) is 5.79. The Balaban J connectivity index is 1.89. The summed E-state index contributed by atoms with van der Waals surface area (Å²) in [5.41, 5.74) is 1.32. The quantitative estimate of drug-likeness (QED) is 0.803. The molecule has 1 aliphatic rings. The first-order valence-corrected chi connectivity index (χ1v) is 10.8. The van der Waals surface area contributed by atoms with Gasteiger partial charge in [-0.15, -0.1) is 0 Å². The maximum atomic E-state index is 12.5. The molecule has 7 heteroatoms. The number of sulfone groups is 1. The molecule has 2 rings (SSSR count). The zero-order valence-electron chi connectivity index (χ0n) is 15.4. The van der Waals surface area contributed by atoms with E-state index in [1.807, 2.05) is 4.90 Å². The zero-order valence-corrected chi connectivity index (χ0v) is 16.2. The smallest absolute Gasteiger partial charge is 0.321 e. The molecule has 1 heterocycles. The van der Waals surface area contributed by atoms with E-state index in [1.165, 1.54) is 6.26 Å². The molecule has 0 aromatic heterocycles. The lowest BCUT2D eigenvalue weighted by molar-refractivity contribution is 0.217. The summed E-state index contributed by atoms with van der Waals surface area (Å²) in [5, 5.41) is 2.89. The summed E-state index contributed by atoms with van der Waals surface area (Å²) < 4.78 is 22.8. The molecule has 1 atom stereocenters. The predicted octanol–water partition coefficient (Wildman–Crippen LogP) is 2.43. The van der Waals surface area contributed by atoms with Crippen molar-refractivity contribution in [3.8, 4) is 0 Å². The number of likely N-dealkylation sites (tertiary alicyclic amines) is 1. The largest absolute Gasteiger partial charge is 0.324 e. The highest BCUT2D eigenvalue weighted by Gasteiger charge is 2.27. The molecule has 2 amide bonds. The lowest BCUT2D eigenvalue weighted by Crippen LogP contribution is -2.34. The number of carbonyl (C=O) groups is 1. The van der Waals surface area contributed by atoms with Crippen molar-refractivity contribution in [3.63, 3.8) is 0 Å². The molecule has 0 aliphatic carbocycles. The Hall–Kier alpha value is -1.60. The molecule has 0 radical (unpaired) electrons. The number of urea groups is 1. The van der Waals surface area contributed by atoms with Crippen LogP contribution >= 0.6 is 0 Å². The van der Waals surface area contributed by atoms with Gasteiger partial charge in [-0.25, -0.2) is 13.2 Å². The van der Waals surface area contributed by atoms with Gasteiger partial charge in [-0.05, 0) is 50.0 Å². The second kappa shape index (κ2) is 8.67. The van der Waals surface area contributed by atoms with Gasteiger partial charge in [0, 0.05) is 31.6 Å². The molecule has 0 bridgehead atoms. The monoisotopic (exact) mass is 367 g/mol. The van der Waals surface area contributed by atoms with E-state index in [9.17, 15) is 13.2 Å². The molecule has 140 valence electrons. The van der Waals surface area contributed by atoms with E-state index in [2.05, 4.69) is 24.2 Å². The van der Waals surface area contributed by atoms with Crippen LogP contribution in [0.2, 0.25) is 0 Å². The highest BCUT2D eigenvalue weighted by Crippen LogP contribution is 2.19. The van der Waals surface area contributed by atoms with Gasteiger partial charge in [-0.2, -0.15) is 0 Å². The van der Waals surface area contributed by atoms with E-state index < -0.39 is 9.84 Å². The van der Waals surface area contributed by atoms with Crippen LogP contribution < -0.4 is 5.32 Å². The van der Waals surface area contributed by atoms with Gasteiger partial charge in [0.2, 0.25) is 0 Å². The number of nitrogens with zero attached hydrogens (tertiary/aromatic N) is 2. The van der Waals surface area contributed by atoms with Crippen LogP contribution in [-0.4, -0.2) is 63.7 Å². The SMILES string of the molecule is CCCN(C)C[C@@H]1CCN(C(=O)Nc2cccc(CS(C)(=O)=O)c2)C1. The fourth-order valence-electron chi connectivity index (χ4n) is 3.32. The molecule has 1 aromatic carbocycles. The van der Waals surface area contributed by atoms with E-state index in [0.29, 0.717) is 17.2 Å². The molecule has 1 fully saturated rings. The van der Waals surface area contributed by atoms with E-state index in [1.54, 1.807) is 24.3 Å². The molecule has 1 aromatic rings. The number of amides is 2. The van der Waals surface area contributed by atoms with Gasteiger partial charge in [0.1, 0.15) is 0 Å². The van der Waals surface area contributed by atoms with E-state index >= 15 is 0 Å². The van der Waals surface area contributed by atoms with Gasteiger partial charge in [0.25, 0.3) is 0 Å². The van der Waals surface area contributed by atoms with Gasteiger partial charge < -0.3 is 15.1 Å². The first kappa shape index (κ1) is 19.7. The van der Waals surface area contributed by atoms with Gasteiger partial charge >= 0.3 is 6.03 Å². The lowest BCUT2D eigenvalue weighted by Gasteiger charge is -2.21.